The molecule has 112 valence electrons. The molecule has 1 N–H and O–H groups in total. The van der Waals surface area contributed by atoms with Crippen molar-refractivity contribution >= 4 is 15.7 Å². The van der Waals surface area contributed by atoms with Crippen molar-refractivity contribution < 1.29 is 17.5 Å². The lowest BCUT2D eigenvalue weighted by Gasteiger charge is -2.10. The number of halogens is 1. The molecule has 0 aliphatic carbocycles. The van der Waals surface area contributed by atoms with Gasteiger partial charge < -0.3 is 4.74 Å². The van der Waals surface area contributed by atoms with Gasteiger partial charge in [0.2, 0.25) is 0 Å². The number of hydrogen-bond donors (Lipinski definition) is 1. The molecule has 0 aliphatic rings. The van der Waals surface area contributed by atoms with E-state index in [9.17, 15) is 12.8 Å². The fourth-order valence-corrected chi connectivity index (χ4v) is 2.91. The van der Waals surface area contributed by atoms with Crippen molar-refractivity contribution in [3.05, 3.63) is 53.8 Å². The van der Waals surface area contributed by atoms with Crippen LogP contribution >= 0.6 is 0 Å². The lowest BCUT2D eigenvalue weighted by molar-refractivity contribution is 0.385. The number of anilines is 1. The number of nitrogens with one attached hydrogen (secondary N) is 1. The molecule has 0 saturated heterocycles. The minimum absolute atomic E-state index is 0.00116. The summed E-state index contributed by atoms with van der Waals surface area (Å²) < 4.78 is 45.2. The van der Waals surface area contributed by atoms with Crippen LogP contribution in [0.5, 0.6) is 5.75 Å². The second-order valence-electron chi connectivity index (χ2n) is 4.45. The van der Waals surface area contributed by atoms with Gasteiger partial charge in [0.15, 0.2) is 11.6 Å². The Morgan fingerprint density at radius 3 is 2.33 bits per heavy atom. The summed E-state index contributed by atoms with van der Waals surface area (Å²) in [5.41, 5.74) is 1.54. The van der Waals surface area contributed by atoms with E-state index in [-0.39, 0.29) is 10.6 Å². The van der Waals surface area contributed by atoms with Crippen molar-refractivity contribution in [2.24, 2.45) is 0 Å². The van der Waals surface area contributed by atoms with Crippen LogP contribution in [-0.2, 0) is 16.4 Å². The Morgan fingerprint density at radius 1 is 1.14 bits per heavy atom. The normalized spacial score (nSPS) is 11.2. The summed E-state index contributed by atoms with van der Waals surface area (Å²) in [6.07, 6.45) is 0.872. The first kappa shape index (κ1) is 15.3. The van der Waals surface area contributed by atoms with E-state index in [1.54, 1.807) is 12.1 Å². The van der Waals surface area contributed by atoms with Crippen LogP contribution in [0.1, 0.15) is 12.5 Å². The summed E-state index contributed by atoms with van der Waals surface area (Å²) in [6.45, 7) is 2.01. The van der Waals surface area contributed by atoms with Gasteiger partial charge in [-0.1, -0.05) is 19.1 Å². The van der Waals surface area contributed by atoms with Gasteiger partial charge in [-0.25, -0.2) is 12.8 Å². The zero-order chi connectivity index (χ0) is 15.5. The molecule has 0 saturated carbocycles. The number of rotatable bonds is 5. The molecule has 0 bridgehead atoms. The Labute approximate surface area is 123 Å². The summed E-state index contributed by atoms with van der Waals surface area (Å²) in [5, 5.41) is 0. The summed E-state index contributed by atoms with van der Waals surface area (Å²) in [4.78, 5) is -0.152. The highest BCUT2D eigenvalue weighted by molar-refractivity contribution is 7.92. The van der Waals surface area contributed by atoms with Gasteiger partial charge >= 0.3 is 0 Å². The number of sulfonamides is 1. The van der Waals surface area contributed by atoms with E-state index in [0.29, 0.717) is 5.69 Å². The van der Waals surface area contributed by atoms with Crippen LogP contribution in [0, 0.1) is 5.82 Å². The van der Waals surface area contributed by atoms with Crippen LogP contribution in [0.25, 0.3) is 0 Å². The highest BCUT2D eigenvalue weighted by Gasteiger charge is 2.16. The zero-order valence-electron chi connectivity index (χ0n) is 11.8. The van der Waals surface area contributed by atoms with Crippen LogP contribution in [0.2, 0.25) is 0 Å². The fraction of sp³-hybridized carbons (Fsp3) is 0.200. The number of benzene rings is 2. The molecule has 0 spiro atoms. The third kappa shape index (κ3) is 3.52. The van der Waals surface area contributed by atoms with E-state index in [1.165, 1.54) is 19.2 Å². The molecule has 2 aromatic rings. The van der Waals surface area contributed by atoms with Gasteiger partial charge in [0.1, 0.15) is 0 Å². The van der Waals surface area contributed by atoms with E-state index in [1.807, 2.05) is 19.1 Å². The molecule has 0 aliphatic heterocycles. The summed E-state index contributed by atoms with van der Waals surface area (Å²) >= 11 is 0. The molecule has 0 fully saturated rings. The Morgan fingerprint density at radius 2 is 1.81 bits per heavy atom. The maximum absolute atomic E-state index is 13.6. The largest absolute Gasteiger partial charge is 0.494 e. The topological polar surface area (TPSA) is 55.4 Å². The van der Waals surface area contributed by atoms with E-state index < -0.39 is 15.8 Å². The smallest absolute Gasteiger partial charge is 0.262 e. The molecule has 0 heterocycles. The molecule has 4 nitrogen and oxygen atoms in total. The van der Waals surface area contributed by atoms with Crippen LogP contribution < -0.4 is 9.46 Å². The number of ether oxygens (including phenoxy) is 1. The average molecular weight is 309 g/mol. The third-order valence-electron chi connectivity index (χ3n) is 3.05. The fourth-order valence-electron chi connectivity index (χ4n) is 1.84. The van der Waals surface area contributed by atoms with Crippen LogP contribution in [0.4, 0.5) is 10.1 Å². The maximum Gasteiger partial charge on any atom is 0.262 e. The summed E-state index contributed by atoms with van der Waals surface area (Å²) in [5.74, 6) is -0.719. The lowest BCUT2D eigenvalue weighted by Crippen LogP contribution is -2.13. The van der Waals surface area contributed by atoms with Crippen LogP contribution in [0.15, 0.2) is 47.4 Å². The van der Waals surface area contributed by atoms with Crippen molar-refractivity contribution in [1.29, 1.82) is 0 Å². The van der Waals surface area contributed by atoms with Gasteiger partial charge in [-0.15, -0.1) is 0 Å². The molecule has 0 unspecified atom stereocenters. The van der Waals surface area contributed by atoms with Gasteiger partial charge in [0.25, 0.3) is 10.0 Å². The Balaban J connectivity index is 2.26. The predicted octanol–water partition coefficient (Wildman–Crippen LogP) is 3.20. The zero-order valence-corrected chi connectivity index (χ0v) is 12.6. The third-order valence-corrected chi connectivity index (χ3v) is 4.43. The van der Waals surface area contributed by atoms with Gasteiger partial charge in [-0.05, 0) is 42.3 Å². The second-order valence-corrected chi connectivity index (χ2v) is 6.13. The Kier molecular flexibility index (Phi) is 4.47. The Hall–Kier alpha value is -2.08. The molecule has 2 rings (SSSR count). The van der Waals surface area contributed by atoms with Gasteiger partial charge in [0, 0.05) is 5.69 Å². The summed E-state index contributed by atoms with van der Waals surface area (Å²) in [7, 11) is -2.51. The predicted molar refractivity (Wildman–Crippen MR) is 79.6 cm³/mol. The van der Waals surface area contributed by atoms with E-state index in [0.717, 1.165) is 18.1 Å². The number of hydrogen-bond acceptors (Lipinski definition) is 3. The monoisotopic (exact) mass is 309 g/mol. The standard InChI is InChI=1S/C15H16FNO3S/c1-3-11-4-6-12(7-5-11)17-21(18,19)13-8-9-15(20-2)14(16)10-13/h4-10,17H,3H2,1-2H3. The molecule has 21 heavy (non-hydrogen) atoms. The molecule has 6 heteroatoms. The van der Waals surface area contributed by atoms with E-state index >= 15 is 0 Å². The van der Waals surface area contributed by atoms with Crippen molar-refractivity contribution in [3.8, 4) is 5.75 Å². The van der Waals surface area contributed by atoms with Crippen LogP contribution in [0.3, 0.4) is 0 Å². The van der Waals surface area contributed by atoms with Gasteiger partial charge in [-0.2, -0.15) is 0 Å². The minimum atomic E-state index is -3.83. The van der Waals surface area contributed by atoms with Gasteiger partial charge in [-0.3, -0.25) is 4.72 Å². The molecule has 0 aromatic heterocycles. The molecular formula is C15H16FNO3S. The highest BCUT2D eigenvalue weighted by atomic mass is 32.2. The van der Waals surface area contributed by atoms with Crippen molar-refractivity contribution in [2.45, 2.75) is 18.2 Å². The lowest BCUT2D eigenvalue weighted by atomic mass is 10.2. The molecule has 0 amide bonds. The molecule has 2 aromatic carbocycles. The highest BCUT2D eigenvalue weighted by Crippen LogP contribution is 2.22. The first-order valence-corrected chi connectivity index (χ1v) is 7.90. The van der Waals surface area contributed by atoms with Crippen molar-refractivity contribution in [2.75, 3.05) is 11.8 Å². The minimum Gasteiger partial charge on any atom is -0.494 e. The van der Waals surface area contributed by atoms with Gasteiger partial charge in [0.05, 0.1) is 12.0 Å². The quantitative estimate of drug-likeness (QED) is 0.923. The molecule has 0 radical (unpaired) electrons. The molecule has 0 atom stereocenters. The SMILES string of the molecule is CCc1ccc(NS(=O)(=O)c2ccc(OC)c(F)c2)cc1. The van der Waals surface area contributed by atoms with E-state index in [4.69, 9.17) is 4.74 Å². The van der Waals surface area contributed by atoms with Crippen molar-refractivity contribution in [3.63, 3.8) is 0 Å². The van der Waals surface area contributed by atoms with Crippen LogP contribution in [-0.4, -0.2) is 15.5 Å². The van der Waals surface area contributed by atoms with Crippen molar-refractivity contribution in [1.82, 2.24) is 0 Å². The number of aryl methyl sites for hydroxylation is 1. The number of methoxy groups -OCH3 is 1. The second kappa shape index (κ2) is 6.13. The summed E-state index contributed by atoms with van der Waals surface area (Å²) in [6, 6.07) is 10.5. The first-order valence-electron chi connectivity index (χ1n) is 6.41. The molecular weight excluding hydrogens is 293 g/mol. The average Bonchev–Trinajstić information content (AvgIpc) is 2.47. The Bertz CT molecular complexity index is 727. The van der Waals surface area contributed by atoms with E-state index in [2.05, 4.69) is 4.72 Å². The first-order chi connectivity index (χ1) is 9.96. The maximum atomic E-state index is 13.6.